The smallest absolute Gasteiger partial charge is 0.170 e. The van der Waals surface area contributed by atoms with Crippen LogP contribution in [-0.2, 0) is 6.42 Å². The van der Waals surface area contributed by atoms with Crippen LogP contribution in [0.15, 0.2) is 47.6 Å². The van der Waals surface area contributed by atoms with Crippen LogP contribution in [0, 0.1) is 6.92 Å². The third-order valence-corrected chi connectivity index (χ3v) is 3.14. The van der Waals surface area contributed by atoms with Crippen LogP contribution in [0.25, 0.3) is 0 Å². The Bertz CT molecular complexity index is 636. The molecule has 0 heterocycles. The lowest BCUT2D eigenvalue weighted by Crippen LogP contribution is -2.14. The van der Waals surface area contributed by atoms with Gasteiger partial charge in [0.05, 0.1) is 0 Å². The third kappa shape index (κ3) is 3.73. The summed E-state index contributed by atoms with van der Waals surface area (Å²) in [5, 5.41) is 20.6. The van der Waals surface area contributed by atoms with Gasteiger partial charge in [-0.05, 0) is 54.8 Å². The molecule has 5 nitrogen and oxygen atoms in total. The maximum Gasteiger partial charge on any atom is 0.170 e. The largest absolute Gasteiger partial charge is 0.457 e. The van der Waals surface area contributed by atoms with E-state index in [1.54, 1.807) is 12.1 Å². The van der Waals surface area contributed by atoms with E-state index in [0.29, 0.717) is 23.5 Å². The second-order valence-corrected chi connectivity index (χ2v) is 4.68. The van der Waals surface area contributed by atoms with Crippen LogP contribution in [0.3, 0.4) is 0 Å². The molecular weight excluding hydrogens is 268 g/mol. The van der Waals surface area contributed by atoms with Crippen LogP contribution in [-0.4, -0.2) is 22.8 Å². The Morgan fingerprint density at radius 2 is 1.81 bits per heavy atom. The Kier molecular flexibility index (Phi) is 4.79. The van der Waals surface area contributed by atoms with Gasteiger partial charge in [-0.25, -0.2) is 0 Å². The fourth-order valence-electron chi connectivity index (χ4n) is 2.03. The lowest BCUT2D eigenvalue weighted by atomic mass is 10.1. The highest BCUT2D eigenvalue weighted by atomic mass is 16.5. The fourth-order valence-corrected chi connectivity index (χ4v) is 2.03. The predicted octanol–water partition coefficient (Wildman–Crippen LogP) is 2.42. The molecule has 0 saturated carbocycles. The number of oxime groups is 1. The molecule has 0 aliphatic rings. The van der Waals surface area contributed by atoms with Crippen molar-refractivity contribution in [2.75, 3.05) is 6.61 Å². The van der Waals surface area contributed by atoms with E-state index < -0.39 is 0 Å². The van der Waals surface area contributed by atoms with Crippen LogP contribution >= 0.6 is 0 Å². The zero-order valence-electron chi connectivity index (χ0n) is 11.8. The second kappa shape index (κ2) is 6.76. The first-order valence-electron chi connectivity index (χ1n) is 6.60. The summed E-state index contributed by atoms with van der Waals surface area (Å²) < 4.78 is 5.76. The highest BCUT2D eigenvalue weighted by Gasteiger charge is 2.06. The second-order valence-electron chi connectivity index (χ2n) is 4.68. The standard InChI is InChI=1S/C16H18N2O3/c1-11-10-14(6-7-15(11)16(17)18-20)21-13-4-2-12(3-5-13)8-9-19/h2-7,10,19-20H,8-9H2,1H3,(H2,17,18). The molecule has 0 spiro atoms. The first kappa shape index (κ1) is 14.9. The zero-order valence-corrected chi connectivity index (χ0v) is 11.8. The summed E-state index contributed by atoms with van der Waals surface area (Å²) in [5.41, 5.74) is 8.17. The molecule has 0 saturated heterocycles. The topological polar surface area (TPSA) is 88.1 Å². The van der Waals surface area contributed by atoms with Crippen molar-refractivity contribution in [3.05, 3.63) is 59.2 Å². The molecule has 0 bridgehead atoms. The number of aliphatic hydroxyl groups excluding tert-OH is 1. The van der Waals surface area contributed by atoms with Gasteiger partial charge >= 0.3 is 0 Å². The molecule has 5 heteroatoms. The minimum absolute atomic E-state index is 0.0763. The summed E-state index contributed by atoms with van der Waals surface area (Å²) in [7, 11) is 0. The van der Waals surface area contributed by atoms with E-state index in [-0.39, 0.29) is 12.4 Å². The third-order valence-electron chi connectivity index (χ3n) is 3.14. The van der Waals surface area contributed by atoms with Gasteiger partial charge in [0.2, 0.25) is 0 Å². The first-order valence-corrected chi connectivity index (χ1v) is 6.60. The number of aryl methyl sites for hydroxylation is 1. The summed E-state index contributed by atoms with van der Waals surface area (Å²) in [6.45, 7) is 2.00. The minimum Gasteiger partial charge on any atom is -0.457 e. The molecule has 0 aliphatic carbocycles. The van der Waals surface area contributed by atoms with Crippen molar-refractivity contribution in [2.45, 2.75) is 13.3 Å². The van der Waals surface area contributed by atoms with Crippen molar-refractivity contribution in [2.24, 2.45) is 10.9 Å². The lowest BCUT2D eigenvalue weighted by molar-refractivity contribution is 0.299. The van der Waals surface area contributed by atoms with Gasteiger partial charge in [0.25, 0.3) is 0 Å². The Hall–Kier alpha value is -2.53. The van der Waals surface area contributed by atoms with E-state index in [1.807, 2.05) is 37.3 Å². The summed E-state index contributed by atoms with van der Waals surface area (Å²) >= 11 is 0. The average Bonchev–Trinajstić information content (AvgIpc) is 2.49. The number of hydrogen-bond acceptors (Lipinski definition) is 4. The number of rotatable bonds is 5. The molecule has 0 unspecified atom stereocenters. The summed E-state index contributed by atoms with van der Waals surface area (Å²) in [6.07, 6.45) is 0.633. The Labute approximate surface area is 123 Å². The van der Waals surface area contributed by atoms with Crippen LogP contribution < -0.4 is 10.5 Å². The molecule has 21 heavy (non-hydrogen) atoms. The highest BCUT2D eigenvalue weighted by molar-refractivity contribution is 5.98. The van der Waals surface area contributed by atoms with Gasteiger partial charge in [0.1, 0.15) is 11.5 Å². The van der Waals surface area contributed by atoms with Gasteiger partial charge in [-0.3, -0.25) is 0 Å². The number of ether oxygens (including phenoxy) is 1. The van der Waals surface area contributed by atoms with Gasteiger partial charge in [0.15, 0.2) is 5.84 Å². The Balaban J connectivity index is 2.14. The maximum atomic E-state index is 8.88. The van der Waals surface area contributed by atoms with Crippen LogP contribution in [0.5, 0.6) is 11.5 Å². The minimum atomic E-state index is 0.0763. The summed E-state index contributed by atoms with van der Waals surface area (Å²) in [6, 6.07) is 12.9. The number of amidine groups is 1. The Morgan fingerprint density at radius 1 is 1.14 bits per heavy atom. The summed E-state index contributed by atoms with van der Waals surface area (Å²) in [4.78, 5) is 0. The van der Waals surface area contributed by atoms with Gasteiger partial charge in [-0.2, -0.15) is 0 Å². The van der Waals surface area contributed by atoms with Gasteiger partial charge < -0.3 is 20.8 Å². The van der Waals surface area contributed by atoms with Gasteiger partial charge in [0, 0.05) is 12.2 Å². The number of nitrogens with zero attached hydrogens (tertiary/aromatic N) is 1. The van der Waals surface area contributed by atoms with Crippen LogP contribution in [0.4, 0.5) is 0 Å². The molecule has 0 atom stereocenters. The number of nitrogens with two attached hydrogens (primary N) is 1. The predicted molar refractivity (Wildman–Crippen MR) is 81.0 cm³/mol. The maximum absolute atomic E-state index is 8.88. The van der Waals surface area contributed by atoms with Gasteiger partial charge in [-0.1, -0.05) is 17.3 Å². The molecular formula is C16H18N2O3. The van der Waals surface area contributed by atoms with Crippen molar-refractivity contribution < 1.29 is 15.1 Å². The van der Waals surface area contributed by atoms with E-state index in [0.717, 1.165) is 11.1 Å². The van der Waals surface area contributed by atoms with Crippen molar-refractivity contribution in [3.8, 4) is 11.5 Å². The molecule has 0 amide bonds. The molecule has 110 valence electrons. The van der Waals surface area contributed by atoms with E-state index in [9.17, 15) is 0 Å². The number of aliphatic hydroxyl groups is 1. The number of hydrogen-bond donors (Lipinski definition) is 3. The van der Waals surface area contributed by atoms with Crippen molar-refractivity contribution >= 4 is 5.84 Å². The molecule has 0 fully saturated rings. The SMILES string of the molecule is Cc1cc(Oc2ccc(CCO)cc2)ccc1/C(N)=N/O. The number of benzene rings is 2. The normalized spacial score (nSPS) is 11.4. The monoisotopic (exact) mass is 286 g/mol. The zero-order chi connectivity index (χ0) is 15.2. The van der Waals surface area contributed by atoms with Crippen LogP contribution in [0.2, 0.25) is 0 Å². The molecule has 0 aliphatic heterocycles. The molecule has 2 aromatic carbocycles. The summed E-state index contributed by atoms with van der Waals surface area (Å²) in [5.74, 6) is 1.47. The lowest BCUT2D eigenvalue weighted by Gasteiger charge is -2.09. The van der Waals surface area contributed by atoms with E-state index in [4.69, 9.17) is 20.8 Å². The highest BCUT2D eigenvalue weighted by Crippen LogP contribution is 2.24. The molecule has 2 aromatic rings. The average molecular weight is 286 g/mol. The quantitative estimate of drug-likeness (QED) is 0.341. The molecule has 0 aromatic heterocycles. The van der Waals surface area contributed by atoms with Crippen LogP contribution in [0.1, 0.15) is 16.7 Å². The molecule has 2 rings (SSSR count). The molecule has 0 radical (unpaired) electrons. The fraction of sp³-hybridized carbons (Fsp3) is 0.188. The van der Waals surface area contributed by atoms with E-state index >= 15 is 0 Å². The first-order chi connectivity index (χ1) is 10.1. The Morgan fingerprint density at radius 3 is 2.38 bits per heavy atom. The van der Waals surface area contributed by atoms with Crippen molar-refractivity contribution in [1.82, 2.24) is 0 Å². The van der Waals surface area contributed by atoms with Crippen molar-refractivity contribution in [3.63, 3.8) is 0 Å². The van der Waals surface area contributed by atoms with E-state index in [1.165, 1.54) is 0 Å². The molecule has 4 N–H and O–H groups in total. The van der Waals surface area contributed by atoms with Crippen molar-refractivity contribution in [1.29, 1.82) is 0 Å². The van der Waals surface area contributed by atoms with Gasteiger partial charge in [-0.15, -0.1) is 0 Å². The van der Waals surface area contributed by atoms with E-state index in [2.05, 4.69) is 5.16 Å².